The molecule has 9 heteroatoms. The van der Waals surface area contributed by atoms with E-state index in [9.17, 15) is 23.1 Å². The summed E-state index contributed by atoms with van der Waals surface area (Å²) in [4.78, 5) is 24.8. The van der Waals surface area contributed by atoms with E-state index in [0.717, 1.165) is 6.26 Å². The van der Waals surface area contributed by atoms with Gasteiger partial charge in [-0.15, -0.1) is 0 Å². The van der Waals surface area contributed by atoms with Crippen molar-refractivity contribution in [2.45, 2.75) is 26.2 Å². The van der Waals surface area contributed by atoms with Crippen LogP contribution >= 0.6 is 0 Å². The highest BCUT2D eigenvalue weighted by atomic mass is 32.2. The molecule has 0 atom stereocenters. The Balaban J connectivity index is 2.37. The van der Waals surface area contributed by atoms with Gasteiger partial charge in [0.05, 0.1) is 11.7 Å². The number of nitrogens with zero attached hydrogens (tertiary/aromatic N) is 1. The highest BCUT2D eigenvalue weighted by molar-refractivity contribution is 7.88. The van der Waals surface area contributed by atoms with Crippen molar-refractivity contribution in [2.75, 3.05) is 32.4 Å². The fourth-order valence-corrected chi connectivity index (χ4v) is 2.85. The molecular weight excluding hydrogens is 298 g/mol. The molecule has 0 aromatic carbocycles. The van der Waals surface area contributed by atoms with Gasteiger partial charge >= 0.3 is 12.0 Å². The minimum atomic E-state index is -3.26. The SMILES string of the molecule is CCC1(C(=O)O)CCN(C(=O)NCCNS(C)(=O)=O)CC1. The lowest BCUT2D eigenvalue weighted by atomic mass is 9.76. The molecule has 0 spiro atoms. The van der Waals surface area contributed by atoms with Crippen LogP contribution in [-0.4, -0.2) is 62.9 Å². The van der Waals surface area contributed by atoms with E-state index >= 15 is 0 Å². The fourth-order valence-electron chi connectivity index (χ4n) is 2.37. The van der Waals surface area contributed by atoms with Gasteiger partial charge in [-0.1, -0.05) is 6.92 Å². The van der Waals surface area contributed by atoms with Crippen molar-refractivity contribution in [3.63, 3.8) is 0 Å². The Morgan fingerprint density at radius 2 is 1.81 bits per heavy atom. The number of amides is 2. The minimum Gasteiger partial charge on any atom is -0.481 e. The summed E-state index contributed by atoms with van der Waals surface area (Å²) in [7, 11) is -3.26. The summed E-state index contributed by atoms with van der Waals surface area (Å²) in [6.45, 7) is 2.96. The van der Waals surface area contributed by atoms with E-state index in [2.05, 4.69) is 10.0 Å². The lowest BCUT2D eigenvalue weighted by molar-refractivity contribution is -0.151. The van der Waals surface area contributed by atoms with Crippen LogP contribution in [0.1, 0.15) is 26.2 Å². The van der Waals surface area contributed by atoms with Crippen LogP contribution in [0.15, 0.2) is 0 Å². The standard InChI is InChI=1S/C12H23N3O5S/c1-3-12(10(16)17)4-8-15(9-5-12)11(18)13-6-7-14-21(2,19)20/h14H,3-9H2,1-2H3,(H,13,18)(H,16,17). The van der Waals surface area contributed by atoms with Gasteiger partial charge in [0.1, 0.15) is 0 Å². The summed E-state index contributed by atoms with van der Waals surface area (Å²) in [6, 6.07) is -0.291. The first-order valence-electron chi connectivity index (χ1n) is 6.91. The number of carboxylic acid groups (broad SMARTS) is 1. The summed E-state index contributed by atoms with van der Waals surface area (Å²) in [5, 5.41) is 11.9. The van der Waals surface area contributed by atoms with Crippen LogP contribution in [0, 0.1) is 5.41 Å². The maximum atomic E-state index is 11.9. The first kappa shape index (κ1) is 17.7. The molecule has 0 aliphatic carbocycles. The third-order valence-corrected chi connectivity index (χ3v) is 4.63. The van der Waals surface area contributed by atoms with Crippen molar-refractivity contribution in [1.29, 1.82) is 0 Å². The summed E-state index contributed by atoms with van der Waals surface area (Å²) < 4.78 is 24.0. The number of piperidine rings is 1. The number of rotatable bonds is 6. The second-order valence-corrected chi connectivity index (χ2v) is 7.16. The second kappa shape index (κ2) is 7.08. The van der Waals surface area contributed by atoms with Gasteiger partial charge in [0.15, 0.2) is 0 Å². The molecule has 1 aliphatic heterocycles. The van der Waals surface area contributed by atoms with Gasteiger partial charge in [-0.2, -0.15) is 0 Å². The Morgan fingerprint density at radius 3 is 2.24 bits per heavy atom. The highest BCUT2D eigenvalue weighted by Gasteiger charge is 2.40. The molecule has 1 saturated heterocycles. The van der Waals surface area contributed by atoms with Crippen LogP contribution < -0.4 is 10.0 Å². The smallest absolute Gasteiger partial charge is 0.317 e. The monoisotopic (exact) mass is 321 g/mol. The summed E-state index contributed by atoms with van der Waals surface area (Å²) >= 11 is 0. The quantitative estimate of drug-likeness (QED) is 0.587. The molecule has 1 aliphatic rings. The third-order valence-electron chi connectivity index (χ3n) is 3.90. The first-order chi connectivity index (χ1) is 9.70. The Hall–Kier alpha value is -1.35. The molecule has 1 rings (SSSR count). The van der Waals surface area contributed by atoms with Gasteiger partial charge in [0.2, 0.25) is 10.0 Å². The highest BCUT2D eigenvalue weighted by Crippen LogP contribution is 2.35. The predicted molar refractivity (Wildman–Crippen MR) is 77.4 cm³/mol. The lowest BCUT2D eigenvalue weighted by Crippen LogP contribution is -2.50. The predicted octanol–water partition coefficient (Wildman–Crippen LogP) is -0.178. The molecule has 0 radical (unpaired) electrons. The van der Waals surface area contributed by atoms with E-state index in [1.807, 2.05) is 6.92 Å². The molecule has 122 valence electrons. The van der Waals surface area contributed by atoms with E-state index in [-0.39, 0.29) is 19.1 Å². The van der Waals surface area contributed by atoms with E-state index in [4.69, 9.17) is 0 Å². The van der Waals surface area contributed by atoms with Crippen molar-refractivity contribution in [3.05, 3.63) is 0 Å². The molecule has 21 heavy (non-hydrogen) atoms. The number of sulfonamides is 1. The zero-order valence-corrected chi connectivity index (χ0v) is 13.2. The van der Waals surface area contributed by atoms with E-state index in [1.54, 1.807) is 4.90 Å². The van der Waals surface area contributed by atoms with E-state index in [0.29, 0.717) is 32.4 Å². The third kappa shape index (κ3) is 5.16. The Morgan fingerprint density at radius 1 is 1.24 bits per heavy atom. The molecule has 1 fully saturated rings. The Labute approximate surface area is 124 Å². The van der Waals surface area contributed by atoms with Crippen molar-refractivity contribution in [2.24, 2.45) is 5.41 Å². The number of urea groups is 1. The summed E-state index contributed by atoms with van der Waals surface area (Å²) in [5.74, 6) is -0.803. The van der Waals surface area contributed by atoms with Crippen LogP contribution in [-0.2, 0) is 14.8 Å². The molecular formula is C12H23N3O5S. The van der Waals surface area contributed by atoms with Crippen molar-refractivity contribution < 1.29 is 23.1 Å². The molecule has 1 heterocycles. The molecule has 0 aromatic rings. The zero-order valence-electron chi connectivity index (χ0n) is 12.4. The first-order valence-corrected chi connectivity index (χ1v) is 8.80. The maximum absolute atomic E-state index is 11.9. The summed E-state index contributed by atoms with van der Waals surface area (Å²) in [6.07, 6.45) is 2.48. The molecule has 3 N–H and O–H groups in total. The van der Waals surface area contributed by atoms with Crippen molar-refractivity contribution in [3.8, 4) is 0 Å². The van der Waals surface area contributed by atoms with Gasteiger partial charge in [-0.25, -0.2) is 17.9 Å². The molecule has 0 unspecified atom stereocenters. The van der Waals surface area contributed by atoms with Crippen LogP contribution in [0.4, 0.5) is 4.79 Å². The maximum Gasteiger partial charge on any atom is 0.317 e. The topological polar surface area (TPSA) is 116 Å². The van der Waals surface area contributed by atoms with Gasteiger partial charge < -0.3 is 15.3 Å². The number of carbonyl (C=O) groups is 2. The number of aliphatic carboxylic acids is 1. The van der Waals surface area contributed by atoms with Gasteiger partial charge in [0.25, 0.3) is 0 Å². The minimum absolute atomic E-state index is 0.131. The van der Waals surface area contributed by atoms with Crippen molar-refractivity contribution in [1.82, 2.24) is 14.9 Å². The largest absolute Gasteiger partial charge is 0.481 e. The molecule has 0 bridgehead atoms. The van der Waals surface area contributed by atoms with E-state index < -0.39 is 21.4 Å². The molecule has 8 nitrogen and oxygen atoms in total. The Bertz CT molecular complexity index is 483. The molecule has 0 saturated carbocycles. The number of nitrogens with one attached hydrogen (secondary N) is 2. The average molecular weight is 321 g/mol. The number of likely N-dealkylation sites (tertiary alicyclic amines) is 1. The van der Waals surface area contributed by atoms with Gasteiger partial charge in [0, 0.05) is 26.2 Å². The number of carbonyl (C=O) groups excluding carboxylic acids is 1. The summed E-state index contributed by atoms with van der Waals surface area (Å²) in [5.41, 5.74) is -0.728. The van der Waals surface area contributed by atoms with E-state index in [1.165, 1.54) is 0 Å². The normalized spacial score (nSPS) is 18.3. The average Bonchev–Trinajstić information content (AvgIpc) is 2.42. The Kier molecular flexibility index (Phi) is 5.97. The van der Waals surface area contributed by atoms with Gasteiger partial charge in [-0.3, -0.25) is 4.79 Å². The van der Waals surface area contributed by atoms with Crippen LogP contribution in [0.25, 0.3) is 0 Å². The number of hydrogen-bond acceptors (Lipinski definition) is 4. The number of hydrogen-bond donors (Lipinski definition) is 3. The lowest BCUT2D eigenvalue weighted by Gasteiger charge is -2.38. The second-order valence-electron chi connectivity index (χ2n) is 5.32. The molecule has 2 amide bonds. The number of carboxylic acids is 1. The fraction of sp³-hybridized carbons (Fsp3) is 0.833. The van der Waals surface area contributed by atoms with Crippen LogP contribution in [0.3, 0.4) is 0 Å². The molecule has 0 aromatic heterocycles. The van der Waals surface area contributed by atoms with Crippen molar-refractivity contribution >= 4 is 22.0 Å². The van der Waals surface area contributed by atoms with Crippen LogP contribution in [0.2, 0.25) is 0 Å². The zero-order chi connectivity index (χ0) is 16.1. The van der Waals surface area contributed by atoms with Gasteiger partial charge in [-0.05, 0) is 19.3 Å². The van der Waals surface area contributed by atoms with Crippen LogP contribution in [0.5, 0.6) is 0 Å².